The Hall–Kier alpha value is -2.34. The molecule has 0 aliphatic carbocycles. The van der Waals surface area contributed by atoms with E-state index in [1.54, 1.807) is 17.0 Å². The normalized spacial score (nSPS) is 10.4. The van der Waals surface area contributed by atoms with Crippen molar-refractivity contribution in [2.24, 2.45) is 5.73 Å². The van der Waals surface area contributed by atoms with E-state index in [9.17, 15) is 14.0 Å². The number of carbonyl (C=O) groups is 2. The summed E-state index contributed by atoms with van der Waals surface area (Å²) in [5.41, 5.74) is 6.22. The molecule has 2 aromatic carbocycles. The van der Waals surface area contributed by atoms with Crippen LogP contribution in [0.15, 0.2) is 59.5 Å². The zero-order valence-electron chi connectivity index (χ0n) is 13.9. The van der Waals surface area contributed by atoms with Gasteiger partial charge in [0.1, 0.15) is 5.82 Å². The van der Waals surface area contributed by atoms with Crippen molar-refractivity contribution in [3.8, 4) is 0 Å². The molecule has 132 valence electrons. The van der Waals surface area contributed by atoms with Crippen LogP contribution in [0.2, 0.25) is 0 Å². The molecule has 6 heteroatoms. The molecule has 2 amide bonds. The lowest BCUT2D eigenvalue weighted by Crippen LogP contribution is -2.33. The molecule has 0 aliphatic heterocycles. The molecule has 25 heavy (non-hydrogen) atoms. The molecule has 0 fully saturated rings. The molecule has 0 heterocycles. The van der Waals surface area contributed by atoms with Crippen LogP contribution < -0.4 is 5.73 Å². The Bertz CT molecular complexity index is 692. The van der Waals surface area contributed by atoms with Crippen molar-refractivity contribution in [2.75, 3.05) is 12.3 Å². The van der Waals surface area contributed by atoms with Crippen LogP contribution in [-0.2, 0) is 16.1 Å². The minimum atomic E-state index is -0.424. The summed E-state index contributed by atoms with van der Waals surface area (Å²) in [5.74, 6) is -0.140. The van der Waals surface area contributed by atoms with Gasteiger partial charge in [0.05, 0.1) is 0 Å². The van der Waals surface area contributed by atoms with Crippen LogP contribution in [-0.4, -0.2) is 29.0 Å². The molecule has 2 aromatic rings. The SMILES string of the molecule is NC(=O)CCN(Cc1ccccc1)C(=O)CCSc1ccc(F)cc1. The molecule has 0 aromatic heterocycles. The Balaban J connectivity index is 1.89. The van der Waals surface area contributed by atoms with Gasteiger partial charge in [-0.25, -0.2) is 4.39 Å². The number of nitrogens with two attached hydrogens (primary N) is 1. The average molecular weight is 360 g/mol. The molecule has 2 N–H and O–H groups in total. The predicted octanol–water partition coefficient (Wildman–Crippen LogP) is 3.21. The Labute approximate surface area is 151 Å². The highest BCUT2D eigenvalue weighted by atomic mass is 32.2. The third-order valence-corrected chi connectivity index (χ3v) is 4.61. The van der Waals surface area contributed by atoms with Crippen molar-refractivity contribution in [1.82, 2.24) is 4.90 Å². The second-order valence-electron chi connectivity index (χ2n) is 5.57. The standard InChI is InChI=1S/C19H21FN2O2S/c20-16-6-8-17(9-7-16)25-13-11-19(24)22(12-10-18(21)23)14-15-4-2-1-3-5-15/h1-9H,10-14H2,(H2,21,23). The fourth-order valence-corrected chi connectivity index (χ4v) is 3.13. The third-order valence-electron chi connectivity index (χ3n) is 3.60. The summed E-state index contributed by atoms with van der Waals surface area (Å²) in [6.45, 7) is 0.762. The summed E-state index contributed by atoms with van der Waals surface area (Å²) >= 11 is 1.50. The van der Waals surface area contributed by atoms with E-state index >= 15 is 0 Å². The van der Waals surface area contributed by atoms with E-state index in [0.29, 0.717) is 25.3 Å². The zero-order valence-corrected chi connectivity index (χ0v) is 14.7. The smallest absolute Gasteiger partial charge is 0.223 e. The minimum absolute atomic E-state index is 0.0280. The molecule has 0 unspecified atom stereocenters. The molecule has 0 atom stereocenters. The highest BCUT2D eigenvalue weighted by molar-refractivity contribution is 7.99. The van der Waals surface area contributed by atoms with Crippen LogP contribution in [0.25, 0.3) is 0 Å². The van der Waals surface area contributed by atoms with Gasteiger partial charge in [-0.05, 0) is 29.8 Å². The molecule has 0 spiro atoms. The predicted molar refractivity (Wildman–Crippen MR) is 97.4 cm³/mol. The monoisotopic (exact) mass is 360 g/mol. The first kappa shape index (κ1) is 19.0. The van der Waals surface area contributed by atoms with Gasteiger partial charge in [-0.1, -0.05) is 30.3 Å². The number of nitrogens with zero attached hydrogens (tertiary/aromatic N) is 1. The van der Waals surface area contributed by atoms with Gasteiger partial charge in [0.25, 0.3) is 0 Å². The summed E-state index contributed by atoms with van der Waals surface area (Å²) in [7, 11) is 0. The number of hydrogen-bond acceptors (Lipinski definition) is 3. The van der Waals surface area contributed by atoms with E-state index in [0.717, 1.165) is 10.5 Å². The molecular weight excluding hydrogens is 339 g/mol. The van der Waals surface area contributed by atoms with Crippen LogP contribution in [0.1, 0.15) is 18.4 Å². The number of hydrogen-bond donors (Lipinski definition) is 1. The summed E-state index contributed by atoms with van der Waals surface area (Å²) in [4.78, 5) is 26.1. The van der Waals surface area contributed by atoms with Crippen LogP contribution in [0.3, 0.4) is 0 Å². The number of halogens is 1. The summed E-state index contributed by atoms with van der Waals surface area (Å²) in [6, 6.07) is 15.8. The molecule has 0 radical (unpaired) electrons. The average Bonchev–Trinajstić information content (AvgIpc) is 2.61. The van der Waals surface area contributed by atoms with E-state index < -0.39 is 5.91 Å². The van der Waals surface area contributed by atoms with Gasteiger partial charge in [0.2, 0.25) is 11.8 Å². The lowest BCUT2D eigenvalue weighted by atomic mass is 10.2. The van der Waals surface area contributed by atoms with Crippen LogP contribution in [0.5, 0.6) is 0 Å². The fraction of sp³-hybridized carbons (Fsp3) is 0.263. The highest BCUT2D eigenvalue weighted by Crippen LogP contribution is 2.19. The first-order valence-corrected chi connectivity index (χ1v) is 9.01. The van der Waals surface area contributed by atoms with Crippen LogP contribution >= 0.6 is 11.8 Å². The second-order valence-corrected chi connectivity index (χ2v) is 6.74. The largest absolute Gasteiger partial charge is 0.370 e. The molecule has 0 aliphatic rings. The van der Waals surface area contributed by atoms with Crippen molar-refractivity contribution in [1.29, 1.82) is 0 Å². The first-order valence-electron chi connectivity index (χ1n) is 8.03. The highest BCUT2D eigenvalue weighted by Gasteiger charge is 2.15. The van der Waals surface area contributed by atoms with Gasteiger partial charge < -0.3 is 10.6 Å². The Morgan fingerprint density at radius 1 is 1.00 bits per heavy atom. The van der Waals surface area contributed by atoms with E-state index in [1.807, 2.05) is 30.3 Å². The third kappa shape index (κ3) is 6.97. The molecule has 2 rings (SSSR count). The maximum absolute atomic E-state index is 12.9. The number of benzene rings is 2. The topological polar surface area (TPSA) is 63.4 Å². The van der Waals surface area contributed by atoms with E-state index in [1.165, 1.54) is 23.9 Å². The molecule has 0 saturated heterocycles. The van der Waals surface area contributed by atoms with Crippen molar-refractivity contribution in [3.05, 3.63) is 66.0 Å². The van der Waals surface area contributed by atoms with Gasteiger partial charge in [-0.2, -0.15) is 0 Å². The number of amides is 2. The Morgan fingerprint density at radius 3 is 2.32 bits per heavy atom. The van der Waals surface area contributed by atoms with Gasteiger partial charge >= 0.3 is 0 Å². The second kappa shape index (κ2) is 9.84. The van der Waals surface area contributed by atoms with Crippen LogP contribution in [0.4, 0.5) is 4.39 Å². The maximum atomic E-state index is 12.9. The van der Waals surface area contributed by atoms with Gasteiger partial charge in [-0.3, -0.25) is 9.59 Å². The summed E-state index contributed by atoms with van der Waals surface area (Å²) in [6.07, 6.45) is 0.483. The minimum Gasteiger partial charge on any atom is -0.370 e. The first-order chi connectivity index (χ1) is 12.0. The zero-order chi connectivity index (χ0) is 18.1. The number of rotatable bonds is 9. The van der Waals surface area contributed by atoms with Gasteiger partial charge in [0, 0.05) is 36.6 Å². The number of primary amides is 1. The van der Waals surface area contributed by atoms with Crippen molar-refractivity contribution in [3.63, 3.8) is 0 Å². The van der Waals surface area contributed by atoms with Crippen molar-refractivity contribution >= 4 is 23.6 Å². The molecule has 4 nitrogen and oxygen atoms in total. The molecular formula is C19H21FN2O2S. The van der Waals surface area contributed by atoms with Crippen molar-refractivity contribution in [2.45, 2.75) is 24.3 Å². The number of carbonyl (C=O) groups excluding carboxylic acids is 2. The van der Waals surface area contributed by atoms with Crippen LogP contribution in [0, 0.1) is 5.82 Å². The van der Waals surface area contributed by atoms with Gasteiger partial charge in [-0.15, -0.1) is 11.8 Å². The summed E-state index contributed by atoms with van der Waals surface area (Å²) in [5, 5.41) is 0. The fourth-order valence-electron chi connectivity index (χ4n) is 2.29. The Kier molecular flexibility index (Phi) is 7.47. The lowest BCUT2D eigenvalue weighted by molar-refractivity contribution is -0.131. The van der Waals surface area contributed by atoms with Crippen molar-refractivity contribution < 1.29 is 14.0 Å². The van der Waals surface area contributed by atoms with E-state index in [4.69, 9.17) is 5.73 Å². The maximum Gasteiger partial charge on any atom is 0.223 e. The van der Waals surface area contributed by atoms with E-state index in [-0.39, 0.29) is 18.1 Å². The lowest BCUT2D eigenvalue weighted by Gasteiger charge is -2.22. The Morgan fingerprint density at radius 2 is 1.68 bits per heavy atom. The van der Waals surface area contributed by atoms with Gasteiger partial charge in [0.15, 0.2) is 0 Å². The number of thioether (sulfide) groups is 1. The van der Waals surface area contributed by atoms with E-state index in [2.05, 4.69) is 0 Å². The summed E-state index contributed by atoms with van der Waals surface area (Å²) < 4.78 is 12.9. The molecule has 0 saturated carbocycles. The quantitative estimate of drug-likeness (QED) is 0.699. The molecule has 0 bridgehead atoms.